The third kappa shape index (κ3) is 3.06. The molecule has 4 heteroatoms. The first-order chi connectivity index (χ1) is 10.7. The second-order valence-electron chi connectivity index (χ2n) is 6.07. The molecule has 0 aliphatic heterocycles. The number of nitrogens with zero attached hydrogens (tertiary/aromatic N) is 2. The summed E-state index contributed by atoms with van der Waals surface area (Å²) in [5, 5.41) is 7.59. The molecule has 0 radical (unpaired) electrons. The van der Waals surface area contributed by atoms with Gasteiger partial charge in [0.05, 0.1) is 11.3 Å². The Kier molecular flexibility index (Phi) is 4.27. The van der Waals surface area contributed by atoms with Crippen molar-refractivity contribution < 1.29 is 4.79 Å². The molecule has 1 N–H and O–H groups in total. The summed E-state index contributed by atoms with van der Waals surface area (Å²) < 4.78 is 1.86. The van der Waals surface area contributed by atoms with Crippen LogP contribution in [-0.4, -0.2) is 21.7 Å². The molecular weight excluding hydrogens is 274 g/mol. The normalized spacial score (nSPS) is 17.1. The van der Waals surface area contributed by atoms with Crippen LogP contribution in [0, 0.1) is 6.92 Å². The number of nitrogens with one attached hydrogen (secondary N) is 1. The van der Waals surface area contributed by atoms with E-state index >= 15 is 0 Å². The second-order valence-corrected chi connectivity index (χ2v) is 6.07. The zero-order valence-corrected chi connectivity index (χ0v) is 13.3. The van der Waals surface area contributed by atoms with Crippen LogP contribution in [-0.2, 0) is 19.4 Å². The Morgan fingerprint density at radius 1 is 1.36 bits per heavy atom. The summed E-state index contributed by atoms with van der Waals surface area (Å²) in [6.45, 7) is 4.86. The van der Waals surface area contributed by atoms with Gasteiger partial charge in [0.25, 0.3) is 5.91 Å². The SMILES string of the molecule is CCCn1cc(C(=O)NC2CCc3ccccc3C2)c(C)n1. The Balaban J connectivity index is 1.68. The summed E-state index contributed by atoms with van der Waals surface area (Å²) in [6.07, 6.45) is 5.84. The number of hydrogen-bond donors (Lipinski definition) is 1. The fourth-order valence-corrected chi connectivity index (χ4v) is 3.17. The lowest BCUT2D eigenvalue weighted by Crippen LogP contribution is -2.39. The number of aromatic nitrogens is 2. The number of rotatable bonds is 4. The third-order valence-corrected chi connectivity index (χ3v) is 4.33. The van der Waals surface area contributed by atoms with Crippen molar-refractivity contribution in [1.82, 2.24) is 15.1 Å². The van der Waals surface area contributed by atoms with Crippen molar-refractivity contribution in [2.75, 3.05) is 0 Å². The highest BCUT2D eigenvalue weighted by molar-refractivity contribution is 5.95. The molecule has 1 unspecified atom stereocenters. The lowest BCUT2D eigenvalue weighted by atomic mass is 9.88. The van der Waals surface area contributed by atoms with Gasteiger partial charge in [-0.15, -0.1) is 0 Å². The average Bonchev–Trinajstić information content (AvgIpc) is 2.88. The summed E-state index contributed by atoms with van der Waals surface area (Å²) in [7, 11) is 0. The van der Waals surface area contributed by atoms with Gasteiger partial charge in [-0.3, -0.25) is 9.48 Å². The molecule has 22 heavy (non-hydrogen) atoms. The first-order valence-electron chi connectivity index (χ1n) is 8.09. The van der Waals surface area contributed by atoms with Crippen LogP contribution >= 0.6 is 0 Å². The molecule has 0 fully saturated rings. The van der Waals surface area contributed by atoms with Gasteiger partial charge >= 0.3 is 0 Å². The molecular formula is C18H23N3O. The Labute approximate surface area is 131 Å². The molecule has 1 atom stereocenters. The Hall–Kier alpha value is -2.10. The number of aryl methyl sites for hydroxylation is 3. The molecule has 2 aromatic rings. The number of carbonyl (C=O) groups is 1. The first kappa shape index (κ1) is 14.8. The van der Waals surface area contributed by atoms with E-state index in [4.69, 9.17) is 0 Å². The third-order valence-electron chi connectivity index (χ3n) is 4.33. The zero-order valence-electron chi connectivity index (χ0n) is 13.3. The molecule has 3 rings (SSSR count). The van der Waals surface area contributed by atoms with Gasteiger partial charge in [-0.2, -0.15) is 5.10 Å². The smallest absolute Gasteiger partial charge is 0.254 e. The van der Waals surface area contributed by atoms with E-state index in [9.17, 15) is 4.79 Å². The Morgan fingerprint density at radius 3 is 2.91 bits per heavy atom. The van der Waals surface area contributed by atoms with Crippen LogP contribution < -0.4 is 5.32 Å². The average molecular weight is 297 g/mol. The topological polar surface area (TPSA) is 46.9 Å². The maximum Gasteiger partial charge on any atom is 0.254 e. The van der Waals surface area contributed by atoms with E-state index in [0.717, 1.165) is 37.9 Å². The van der Waals surface area contributed by atoms with Gasteiger partial charge in [0.2, 0.25) is 0 Å². The number of fused-ring (bicyclic) bond motifs is 1. The van der Waals surface area contributed by atoms with Crippen LogP contribution in [0.2, 0.25) is 0 Å². The van der Waals surface area contributed by atoms with Crippen molar-refractivity contribution in [2.24, 2.45) is 0 Å². The van der Waals surface area contributed by atoms with E-state index < -0.39 is 0 Å². The van der Waals surface area contributed by atoms with E-state index in [2.05, 4.69) is 41.6 Å². The van der Waals surface area contributed by atoms with Crippen LogP contribution in [0.25, 0.3) is 0 Å². The monoisotopic (exact) mass is 297 g/mol. The molecule has 0 saturated heterocycles. The zero-order chi connectivity index (χ0) is 15.5. The minimum Gasteiger partial charge on any atom is -0.349 e. The number of carbonyl (C=O) groups excluding carboxylic acids is 1. The summed E-state index contributed by atoms with van der Waals surface area (Å²) >= 11 is 0. The number of hydrogen-bond acceptors (Lipinski definition) is 2. The Bertz CT molecular complexity index is 675. The molecule has 1 amide bonds. The maximum absolute atomic E-state index is 12.5. The van der Waals surface area contributed by atoms with Crippen LogP contribution in [0.15, 0.2) is 30.5 Å². The van der Waals surface area contributed by atoms with Crippen molar-refractivity contribution in [3.63, 3.8) is 0 Å². The van der Waals surface area contributed by atoms with E-state index in [1.165, 1.54) is 11.1 Å². The molecule has 1 aromatic heterocycles. The van der Waals surface area contributed by atoms with E-state index in [1.807, 2.05) is 17.8 Å². The molecule has 4 nitrogen and oxygen atoms in total. The lowest BCUT2D eigenvalue weighted by molar-refractivity contribution is 0.0933. The molecule has 0 spiro atoms. The van der Waals surface area contributed by atoms with Gasteiger partial charge in [-0.25, -0.2) is 0 Å². The fourth-order valence-electron chi connectivity index (χ4n) is 3.17. The van der Waals surface area contributed by atoms with Gasteiger partial charge < -0.3 is 5.32 Å². The molecule has 1 aromatic carbocycles. The predicted molar refractivity (Wildman–Crippen MR) is 87.0 cm³/mol. The van der Waals surface area contributed by atoms with Crippen LogP contribution in [0.4, 0.5) is 0 Å². The highest BCUT2D eigenvalue weighted by atomic mass is 16.1. The number of amides is 1. The van der Waals surface area contributed by atoms with E-state index in [-0.39, 0.29) is 11.9 Å². The van der Waals surface area contributed by atoms with Crippen molar-refractivity contribution in [3.05, 3.63) is 52.8 Å². The predicted octanol–water partition coefficient (Wildman–Crippen LogP) is 2.89. The fraction of sp³-hybridized carbons (Fsp3) is 0.444. The van der Waals surface area contributed by atoms with E-state index in [0.29, 0.717) is 5.56 Å². The minimum atomic E-state index is 0.00392. The highest BCUT2D eigenvalue weighted by Crippen LogP contribution is 2.21. The first-order valence-corrected chi connectivity index (χ1v) is 8.09. The van der Waals surface area contributed by atoms with Gasteiger partial charge in [-0.05, 0) is 43.7 Å². The summed E-state index contributed by atoms with van der Waals surface area (Å²) in [4.78, 5) is 12.5. The van der Waals surface area contributed by atoms with Crippen molar-refractivity contribution in [2.45, 2.75) is 52.1 Å². The Morgan fingerprint density at radius 2 is 2.14 bits per heavy atom. The maximum atomic E-state index is 12.5. The standard InChI is InChI=1S/C18H23N3O/c1-3-10-21-12-17(13(2)20-21)18(22)19-16-9-8-14-6-4-5-7-15(14)11-16/h4-7,12,16H,3,8-11H2,1-2H3,(H,19,22). The lowest BCUT2D eigenvalue weighted by Gasteiger charge is -2.25. The molecule has 116 valence electrons. The van der Waals surface area contributed by atoms with Crippen molar-refractivity contribution in [3.8, 4) is 0 Å². The molecule has 1 aliphatic carbocycles. The summed E-state index contributed by atoms with van der Waals surface area (Å²) in [5.41, 5.74) is 4.28. The van der Waals surface area contributed by atoms with Crippen molar-refractivity contribution in [1.29, 1.82) is 0 Å². The van der Waals surface area contributed by atoms with Gasteiger partial charge in [0.15, 0.2) is 0 Å². The summed E-state index contributed by atoms with van der Waals surface area (Å²) in [6, 6.07) is 8.73. The second kappa shape index (κ2) is 6.34. The summed E-state index contributed by atoms with van der Waals surface area (Å²) in [5.74, 6) is 0.00392. The van der Waals surface area contributed by atoms with Crippen molar-refractivity contribution >= 4 is 5.91 Å². The largest absolute Gasteiger partial charge is 0.349 e. The molecule has 1 aliphatic rings. The minimum absolute atomic E-state index is 0.00392. The van der Waals surface area contributed by atoms with E-state index in [1.54, 1.807) is 0 Å². The quantitative estimate of drug-likeness (QED) is 0.943. The molecule has 1 heterocycles. The van der Waals surface area contributed by atoms with Gasteiger partial charge in [0.1, 0.15) is 0 Å². The van der Waals surface area contributed by atoms with Gasteiger partial charge in [-0.1, -0.05) is 31.2 Å². The van der Waals surface area contributed by atoms with Gasteiger partial charge in [0, 0.05) is 18.8 Å². The van der Waals surface area contributed by atoms with Crippen LogP contribution in [0.3, 0.4) is 0 Å². The molecule has 0 bridgehead atoms. The van der Waals surface area contributed by atoms with Crippen LogP contribution in [0.5, 0.6) is 0 Å². The van der Waals surface area contributed by atoms with Crippen LogP contribution in [0.1, 0.15) is 46.9 Å². The molecule has 0 saturated carbocycles. The highest BCUT2D eigenvalue weighted by Gasteiger charge is 2.22. The number of benzene rings is 1.